The van der Waals surface area contributed by atoms with Gasteiger partial charge in [-0.2, -0.15) is 0 Å². The van der Waals surface area contributed by atoms with E-state index in [0.29, 0.717) is 12.0 Å². The van der Waals surface area contributed by atoms with Crippen LogP contribution in [0.1, 0.15) is 23.0 Å². The van der Waals surface area contributed by atoms with Gasteiger partial charge in [-0.25, -0.2) is 0 Å². The summed E-state index contributed by atoms with van der Waals surface area (Å²) in [5.74, 6) is -1.29. The molecule has 10 heavy (non-hydrogen) atoms. The molecule has 1 aromatic rings. The predicted octanol–water partition coefficient (Wildman–Crippen LogP) is -0.399. The zero-order valence-electron chi connectivity index (χ0n) is 5.46. The summed E-state index contributed by atoms with van der Waals surface area (Å²) < 4.78 is 4.43. The molecule has 1 rings (SSSR count). The van der Waals surface area contributed by atoms with Gasteiger partial charge in [-0.15, -0.1) is 0 Å². The number of hydrogen-bond donors (Lipinski definition) is 0. The van der Waals surface area contributed by atoms with Gasteiger partial charge in [0.25, 0.3) is 0 Å². The molecule has 0 fully saturated rings. The van der Waals surface area contributed by atoms with Crippen molar-refractivity contribution >= 4 is 5.97 Å². The largest absolute Gasteiger partial charge is 0.543 e. The molecule has 0 radical (unpaired) electrons. The van der Waals surface area contributed by atoms with Crippen LogP contribution in [0.15, 0.2) is 10.8 Å². The van der Waals surface area contributed by atoms with E-state index in [1.165, 1.54) is 6.26 Å². The summed E-state index contributed by atoms with van der Waals surface area (Å²) in [6.07, 6.45) is 1.90. The Morgan fingerprint density at radius 2 is 2.60 bits per heavy atom. The number of carboxylic acid groups (broad SMARTS) is 1. The molecule has 0 spiro atoms. The van der Waals surface area contributed by atoms with Crippen molar-refractivity contribution in [1.82, 2.24) is 5.16 Å². The van der Waals surface area contributed by atoms with Crippen LogP contribution >= 0.6 is 0 Å². The molecule has 1 heterocycles. The maximum Gasteiger partial charge on any atom is 0.132 e. The Morgan fingerprint density at radius 1 is 1.90 bits per heavy atom. The van der Waals surface area contributed by atoms with E-state index in [-0.39, 0.29) is 5.69 Å². The molecule has 54 valence electrons. The third-order valence-electron chi connectivity index (χ3n) is 1.22. The molecule has 0 aliphatic carbocycles. The van der Waals surface area contributed by atoms with Crippen molar-refractivity contribution < 1.29 is 14.4 Å². The van der Waals surface area contributed by atoms with Crippen LogP contribution in [0.2, 0.25) is 0 Å². The number of aromatic carboxylic acids is 1. The van der Waals surface area contributed by atoms with Crippen molar-refractivity contribution in [3.8, 4) is 0 Å². The van der Waals surface area contributed by atoms with E-state index in [9.17, 15) is 9.90 Å². The lowest BCUT2D eigenvalue weighted by Gasteiger charge is -1.95. The van der Waals surface area contributed by atoms with Gasteiger partial charge in [0, 0.05) is 5.56 Å². The minimum absolute atomic E-state index is 0.0949. The summed E-state index contributed by atoms with van der Waals surface area (Å²) in [5, 5.41) is 13.5. The minimum atomic E-state index is -1.29. The minimum Gasteiger partial charge on any atom is -0.543 e. The predicted molar refractivity (Wildman–Crippen MR) is 30.2 cm³/mol. The molecule has 4 nitrogen and oxygen atoms in total. The Labute approximate surface area is 57.4 Å². The van der Waals surface area contributed by atoms with Gasteiger partial charge in [-0.05, 0) is 6.42 Å². The summed E-state index contributed by atoms with van der Waals surface area (Å²) in [6, 6.07) is 0. The molecule has 0 saturated carbocycles. The van der Waals surface area contributed by atoms with Crippen LogP contribution in [0.25, 0.3) is 0 Å². The van der Waals surface area contributed by atoms with Gasteiger partial charge in [0.1, 0.15) is 12.0 Å². The number of hydrogen-bond acceptors (Lipinski definition) is 4. The van der Waals surface area contributed by atoms with E-state index in [1.54, 1.807) is 0 Å². The van der Waals surface area contributed by atoms with Crippen molar-refractivity contribution in [3.63, 3.8) is 0 Å². The van der Waals surface area contributed by atoms with Crippen LogP contribution < -0.4 is 5.11 Å². The van der Waals surface area contributed by atoms with Gasteiger partial charge in [-0.3, -0.25) is 0 Å². The first kappa shape index (κ1) is 6.80. The quantitative estimate of drug-likeness (QED) is 0.560. The van der Waals surface area contributed by atoms with Crippen molar-refractivity contribution in [1.29, 1.82) is 0 Å². The molecule has 4 heteroatoms. The molecule has 0 saturated heterocycles. The fourth-order valence-electron chi connectivity index (χ4n) is 0.676. The standard InChI is InChI=1S/C6H7NO3/c1-2-4-3-10-7-5(4)6(8)9/h3H,2H2,1H3,(H,8,9)/p-1. The van der Waals surface area contributed by atoms with Crippen LogP contribution in [0.3, 0.4) is 0 Å². The van der Waals surface area contributed by atoms with E-state index >= 15 is 0 Å². The zero-order chi connectivity index (χ0) is 7.56. The van der Waals surface area contributed by atoms with E-state index < -0.39 is 5.97 Å². The summed E-state index contributed by atoms with van der Waals surface area (Å²) >= 11 is 0. The van der Waals surface area contributed by atoms with Crippen LogP contribution in [-0.2, 0) is 6.42 Å². The first-order valence-electron chi connectivity index (χ1n) is 2.90. The average molecular weight is 140 g/mol. The Kier molecular flexibility index (Phi) is 1.71. The summed E-state index contributed by atoms with van der Waals surface area (Å²) in [6.45, 7) is 1.82. The number of rotatable bonds is 2. The number of carbonyl (C=O) groups excluding carboxylic acids is 1. The second-order valence-corrected chi connectivity index (χ2v) is 1.83. The molecule has 0 unspecified atom stereocenters. The van der Waals surface area contributed by atoms with E-state index in [0.717, 1.165) is 0 Å². The molecule has 0 amide bonds. The van der Waals surface area contributed by atoms with Gasteiger partial charge in [0.2, 0.25) is 0 Å². The normalized spacial score (nSPS) is 9.70. The molecule has 1 aromatic heterocycles. The lowest BCUT2D eigenvalue weighted by Crippen LogP contribution is -2.23. The van der Waals surface area contributed by atoms with E-state index in [1.807, 2.05) is 6.92 Å². The first-order chi connectivity index (χ1) is 4.75. The Balaban J connectivity index is 3.01. The van der Waals surface area contributed by atoms with Crippen molar-refractivity contribution in [3.05, 3.63) is 17.5 Å². The molecule has 0 aromatic carbocycles. The van der Waals surface area contributed by atoms with Gasteiger partial charge in [0.05, 0.1) is 5.97 Å². The monoisotopic (exact) mass is 140 g/mol. The first-order valence-corrected chi connectivity index (χ1v) is 2.90. The Morgan fingerprint density at radius 3 is 3.00 bits per heavy atom. The smallest absolute Gasteiger partial charge is 0.132 e. The van der Waals surface area contributed by atoms with E-state index in [2.05, 4.69) is 9.68 Å². The van der Waals surface area contributed by atoms with E-state index in [4.69, 9.17) is 0 Å². The van der Waals surface area contributed by atoms with Gasteiger partial charge in [-0.1, -0.05) is 12.1 Å². The zero-order valence-corrected chi connectivity index (χ0v) is 5.46. The molecule has 0 atom stereocenters. The van der Waals surface area contributed by atoms with Crippen molar-refractivity contribution in [2.75, 3.05) is 0 Å². The highest BCUT2D eigenvalue weighted by molar-refractivity contribution is 5.84. The molecular formula is C6H6NO3-. The van der Waals surface area contributed by atoms with Crippen LogP contribution in [0, 0.1) is 0 Å². The summed E-state index contributed by atoms with van der Waals surface area (Å²) in [7, 11) is 0. The number of aromatic nitrogens is 1. The number of nitrogens with zero attached hydrogens (tertiary/aromatic N) is 1. The highest BCUT2D eigenvalue weighted by Gasteiger charge is 2.04. The van der Waals surface area contributed by atoms with Gasteiger partial charge >= 0.3 is 0 Å². The van der Waals surface area contributed by atoms with Crippen LogP contribution in [0.5, 0.6) is 0 Å². The topological polar surface area (TPSA) is 66.2 Å². The lowest BCUT2D eigenvalue weighted by atomic mass is 10.2. The second-order valence-electron chi connectivity index (χ2n) is 1.83. The highest BCUT2D eigenvalue weighted by Crippen LogP contribution is 2.05. The number of carboxylic acids is 1. The van der Waals surface area contributed by atoms with Crippen LogP contribution in [0.4, 0.5) is 0 Å². The Bertz CT molecular complexity index is 241. The maximum absolute atomic E-state index is 10.2. The molecule has 0 aliphatic rings. The Hall–Kier alpha value is -1.32. The SMILES string of the molecule is CCc1conc1C(=O)[O-]. The fourth-order valence-corrected chi connectivity index (χ4v) is 0.676. The average Bonchev–Trinajstić information content (AvgIpc) is 2.33. The van der Waals surface area contributed by atoms with Crippen LogP contribution in [-0.4, -0.2) is 11.1 Å². The van der Waals surface area contributed by atoms with Gasteiger partial charge in [0.15, 0.2) is 0 Å². The lowest BCUT2D eigenvalue weighted by molar-refractivity contribution is -0.255. The third-order valence-corrected chi connectivity index (χ3v) is 1.22. The van der Waals surface area contributed by atoms with Crippen molar-refractivity contribution in [2.24, 2.45) is 0 Å². The molecule has 0 bridgehead atoms. The highest BCUT2D eigenvalue weighted by atomic mass is 16.5. The summed E-state index contributed by atoms with van der Waals surface area (Å²) in [4.78, 5) is 10.2. The molecule has 0 aliphatic heterocycles. The fraction of sp³-hybridized carbons (Fsp3) is 0.333. The molecular weight excluding hydrogens is 134 g/mol. The maximum atomic E-state index is 10.2. The third kappa shape index (κ3) is 1.00. The summed E-state index contributed by atoms with van der Waals surface area (Å²) in [5.41, 5.74) is 0.475. The van der Waals surface area contributed by atoms with Crippen molar-refractivity contribution in [2.45, 2.75) is 13.3 Å². The number of carbonyl (C=O) groups is 1. The number of aryl methyl sites for hydroxylation is 1. The van der Waals surface area contributed by atoms with Gasteiger partial charge < -0.3 is 14.4 Å². The second kappa shape index (κ2) is 2.51. The molecule has 0 N–H and O–H groups in total.